The van der Waals surface area contributed by atoms with E-state index in [0.717, 1.165) is 5.56 Å². The second-order valence-corrected chi connectivity index (χ2v) is 5.95. The van der Waals surface area contributed by atoms with Crippen molar-refractivity contribution in [1.82, 2.24) is 5.32 Å². The van der Waals surface area contributed by atoms with Gasteiger partial charge in [0, 0.05) is 12.6 Å². The van der Waals surface area contributed by atoms with E-state index in [1.54, 1.807) is 12.1 Å². The third kappa shape index (κ3) is 6.36. The number of ether oxygens (including phenoxy) is 1. The predicted octanol–water partition coefficient (Wildman–Crippen LogP) is 3.57. The SMILES string of the molecule is CC(C)c1ccc(C(N)CNC(=O)COc2ccccc2F)cc1.Cl. The summed E-state index contributed by atoms with van der Waals surface area (Å²) in [5.41, 5.74) is 8.28. The minimum Gasteiger partial charge on any atom is -0.481 e. The van der Waals surface area contributed by atoms with Crippen LogP contribution in [0.3, 0.4) is 0 Å². The van der Waals surface area contributed by atoms with Crippen LogP contribution in [0.5, 0.6) is 5.75 Å². The number of nitrogens with one attached hydrogen (secondary N) is 1. The third-order valence-corrected chi connectivity index (χ3v) is 3.75. The number of carbonyl (C=O) groups excluding carboxylic acids is 1. The van der Waals surface area contributed by atoms with Gasteiger partial charge < -0.3 is 15.8 Å². The fourth-order valence-corrected chi connectivity index (χ4v) is 2.23. The number of amides is 1. The smallest absolute Gasteiger partial charge is 0.258 e. The number of benzene rings is 2. The topological polar surface area (TPSA) is 64.3 Å². The molecule has 0 aromatic heterocycles. The van der Waals surface area contributed by atoms with E-state index in [9.17, 15) is 9.18 Å². The highest BCUT2D eigenvalue weighted by Crippen LogP contribution is 2.17. The molecule has 6 heteroatoms. The van der Waals surface area contributed by atoms with E-state index in [1.165, 1.54) is 17.7 Å². The van der Waals surface area contributed by atoms with Crippen LogP contribution >= 0.6 is 12.4 Å². The van der Waals surface area contributed by atoms with Crippen molar-refractivity contribution in [3.05, 3.63) is 65.5 Å². The third-order valence-electron chi connectivity index (χ3n) is 3.75. The van der Waals surface area contributed by atoms with Crippen molar-refractivity contribution < 1.29 is 13.9 Å². The van der Waals surface area contributed by atoms with E-state index in [0.29, 0.717) is 12.5 Å². The highest BCUT2D eigenvalue weighted by atomic mass is 35.5. The van der Waals surface area contributed by atoms with Gasteiger partial charge in [-0.15, -0.1) is 12.4 Å². The summed E-state index contributed by atoms with van der Waals surface area (Å²) in [6.45, 7) is 4.30. The van der Waals surface area contributed by atoms with Crippen LogP contribution in [0, 0.1) is 5.82 Å². The molecule has 4 nitrogen and oxygen atoms in total. The molecular formula is C19H24ClFN2O2. The van der Waals surface area contributed by atoms with Crippen LogP contribution in [0.2, 0.25) is 0 Å². The molecule has 0 spiro atoms. The van der Waals surface area contributed by atoms with Crippen molar-refractivity contribution in [2.45, 2.75) is 25.8 Å². The fourth-order valence-electron chi connectivity index (χ4n) is 2.23. The maximum absolute atomic E-state index is 13.4. The van der Waals surface area contributed by atoms with Crippen LogP contribution in [0.1, 0.15) is 36.9 Å². The van der Waals surface area contributed by atoms with E-state index in [2.05, 4.69) is 19.2 Å². The number of hydrogen-bond acceptors (Lipinski definition) is 3. The minimum atomic E-state index is -0.493. The Kier molecular flexibility index (Phi) is 8.38. The number of nitrogens with two attached hydrogens (primary N) is 1. The Morgan fingerprint density at radius 2 is 1.72 bits per heavy atom. The van der Waals surface area contributed by atoms with E-state index in [4.69, 9.17) is 10.5 Å². The van der Waals surface area contributed by atoms with Crippen LogP contribution < -0.4 is 15.8 Å². The van der Waals surface area contributed by atoms with Gasteiger partial charge in [0.15, 0.2) is 18.2 Å². The molecule has 0 aliphatic heterocycles. The van der Waals surface area contributed by atoms with Crippen molar-refractivity contribution in [3.8, 4) is 5.75 Å². The van der Waals surface area contributed by atoms with Gasteiger partial charge in [-0.1, -0.05) is 50.2 Å². The summed E-state index contributed by atoms with van der Waals surface area (Å²) in [5.74, 6) is -0.313. The van der Waals surface area contributed by atoms with Gasteiger partial charge in [0.05, 0.1) is 0 Å². The maximum atomic E-state index is 13.4. The lowest BCUT2D eigenvalue weighted by molar-refractivity contribution is -0.123. The molecule has 0 fully saturated rings. The molecule has 1 unspecified atom stereocenters. The molecule has 0 bridgehead atoms. The number of hydrogen-bond donors (Lipinski definition) is 2. The first-order valence-electron chi connectivity index (χ1n) is 7.97. The standard InChI is InChI=1S/C19H23FN2O2.ClH/c1-13(2)14-7-9-15(10-8-14)17(21)11-22-19(23)12-24-18-6-4-3-5-16(18)20;/h3-10,13,17H,11-12,21H2,1-2H3,(H,22,23);1H. The lowest BCUT2D eigenvalue weighted by atomic mass is 9.99. The Morgan fingerprint density at radius 1 is 1.12 bits per heavy atom. The Labute approximate surface area is 154 Å². The molecule has 0 heterocycles. The first kappa shape index (κ1) is 20.9. The Bertz CT molecular complexity index is 677. The average molecular weight is 367 g/mol. The summed E-state index contributed by atoms with van der Waals surface area (Å²) in [6, 6.07) is 13.7. The van der Waals surface area contributed by atoms with Gasteiger partial charge >= 0.3 is 0 Å². The fraction of sp³-hybridized carbons (Fsp3) is 0.316. The highest BCUT2D eigenvalue weighted by Gasteiger charge is 2.10. The molecule has 2 rings (SSSR count). The summed E-state index contributed by atoms with van der Waals surface area (Å²) in [4.78, 5) is 11.8. The van der Waals surface area contributed by atoms with E-state index in [1.807, 2.05) is 24.3 Å². The summed E-state index contributed by atoms with van der Waals surface area (Å²) >= 11 is 0. The van der Waals surface area contributed by atoms with Crippen molar-refractivity contribution in [1.29, 1.82) is 0 Å². The molecule has 0 radical (unpaired) electrons. The lowest BCUT2D eigenvalue weighted by Gasteiger charge is -2.15. The van der Waals surface area contributed by atoms with Gasteiger partial charge in [-0.3, -0.25) is 4.79 Å². The van der Waals surface area contributed by atoms with E-state index >= 15 is 0 Å². The van der Waals surface area contributed by atoms with Crippen molar-refractivity contribution in [2.75, 3.05) is 13.2 Å². The molecule has 2 aromatic carbocycles. The van der Waals surface area contributed by atoms with Crippen LogP contribution in [0.15, 0.2) is 48.5 Å². The molecule has 1 atom stereocenters. The molecule has 3 N–H and O–H groups in total. The molecule has 0 saturated heterocycles. The zero-order chi connectivity index (χ0) is 17.5. The quantitative estimate of drug-likeness (QED) is 0.787. The predicted molar refractivity (Wildman–Crippen MR) is 99.6 cm³/mol. The molecule has 25 heavy (non-hydrogen) atoms. The van der Waals surface area contributed by atoms with Crippen molar-refractivity contribution in [3.63, 3.8) is 0 Å². The summed E-state index contributed by atoms with van der Waals surface area (Å²) in [7, 11) is 0. The molecule has 1 amide bonds. The second-order valence-electron chi connectivity index (χ2n) is 5.95. The summed E-state index contributed by atoms with van der Waals surface area (Å²) in [5, 5.41) is 2.70. The number of rotatable bonds is 7. The van der Waals surface area contributed by atoms with Crippen LogP contribution in [-0.2, 0) is 4.79 Å². The minimum absolute atomic E-state index is 0. The maximum Gasteiger partial charge on any atom is 0.258 e. The largest absolute Gasteiger partial charge is 0.481 e. The van der Waals surface area contributed by atoms with Gasteiger partial charge in [0.2, 0.25) is 0 Å². The van der Waals surface area contributed by atoms with Crippen LogP contribution in [0.4, 0.5) is 4.39 Å². The average Bonchev–Trinajstić information content (AvgIpc) is 2.59. The van der Waals surface area contributed by atoms with Crippen LogP contribution in [0.25, 0.3) is 0 Å². The zero-order valence-corrected chi connectivity index (χ0v) is 15.2. The first-order chi connectivity index (χ1) is 11.5. The Hall–Kier alpha value is -2.11. The van der Waals surface area contributed by atoms with Crippen molar-refractivity contribution in [2.24, 2.45) is 5.73 Å². The molecule has 0 aliphatic rings. The molecule has 2 aromatic rings. The number of para-hydroxylation sites is 1. The molecule has 136 valence electrons. The Balaban J connectivity index is 0.00000312. The Morgan fingerprint density at radius 3 is 2.32 bits per heavy atom. The first-order valence-corrected chi connectivity index (χ1v) is 7.97. The van der Waals surface area contributed by atoms with E-state index < -0.39 is 5.82 Å². The number of halogens is 2. The second kappa shape index (κ2) is 10.0. The van der Waals surface area contributed by atoms with Crippen LogP contribution in [-0.4, -0.2) is 19.1 Å². The van der Waals surface area contributed by atoms with Crippen molar-refractivity contribution >= 4 is 18.3 Å². The number of carbonyl (C=O) groups is 1. The summed E-state index contributed by atoms with van der Waals surface area (Å²) < 4.78 is 18.5. The van der Waals surface area contributed by atoms with Gasteiger partial charge in [-0.2, -0.15) is 0 Å². The van der Waals surface area contributed by atoms with Gasteiger partial charge in [-0.25, -0.2) is 4.39 Å². The van der Waals surface area contributed by atoms with Gasteiger partial charge in [0.25, 0.3) is 5.91 Å². The molecule has 0 aliphatic carbocycles. The monoisotopic (exact) mass is 366 g/mol. The normalized spacial score (nSPS) is 11.6. The molecular weight excluding hydrogens is 343 g/mol. The van der Waals surface area contributed by atoms with Gasteiger partial charge in [0.1, 0.15) is 0 Å². The molecule has 0 saturated carbocycles. The summed E-state index contributed by atoms with van der Waals surface area (Å²) in [6.07, 6.45) is 0. The highest BCUT2D eigenvalue weighted by molar-refractivity contribution is 5.85. The lowest BCUT2D eigenvalue weighted by Crippen LogP contribution is -2.35. The zero-order valence-electron chi connectivity index (χ0n) is 14.4. The van der Waals surface area contributed by atoms with E-state index in [-0.39, 0.29) is 36.7 Å². The van der Waals surface area contributed by atoms with Gasteiger partial charge in [-0.05, 0) is 29.2 Å².